The second-order valence-corrected chi connectivity index (χ2v) is 6.64. The highest BCUT2D eigenvalue weighted by molar-refractivity contribution is 4.97. The highest BCUT2D eigenvalue weighted by Crippen LogP contribution is 2.40. The van der Waals surface area contributed by atoms with E-state index in [1.165, 1.54) is 58.0 Å². The molecule has 1 saturated carbocycles. The van der Waals surface area contributed by atoms with Crippen LogP contribution in [-0.4, -0.2) is 43.3 Å². The van der Waals surface area contributed by atoms with E-state index in [4.69, 9.17) is 10.5 Å². The zero-order valence-corrected chi connectivity index (χ0v) is 10.9. The van der Waals surface area contributed by atoms with Crippen molar-refractivity contribution in [1.29, 1.82) is 0 Å². The molecular formula is C14H26N2O. The van der Waals surface area contributed by atoms with Crippen LogP contribution in [0.5, 0.6) is 0 Å². The molecular weight excluding hydrogens is 212 g/mol. The normalized spacial score (nSPS) is 32.3. The summed E-state index contributed by atoms with van der Waals surface area (Å²) in [7, 11) is 0. The summed E-state index contributed by atoms with van der Waals surface area (Å²) in [5, 5.41) is 0. The van der Waals surface area contributed by atoms with E-state index in [9.17, 15) is 0 Å². The highest BCUT2D eigenvalue weighted by atomic mass is 16.5. The third-order valence-corrected chi connectivity index (χ3v) is 5.21. The maximum Gasteiger partial charge on any atom is 0.0471 e. The summed E-state index contributed by atoms with van der Waals surface area (Å²) in [5.74, 6) is 0. The molecule has 2 N–H and O–H groups in total. The van der Waals surface area contributed by atoms with E-state index >= 15 is 0 Å². The van der Waals surface area contributed by atoms with Crippen LogP contribution in [0, 0.1) is 5.41 Å². The van der Waals surface area contributed by atoms with Crippen molar-refractivity contribution >= 4 is 0 Å². The van der Waals surface area contributed by atoms with Crippen LogP contribution >= 0.6 is 0 Å². The van der Waals surface area contributed by atoms with Crippen LogP contribution in [0.4, 0.5) is 0 Å². The molecule has 1 aliphatic carbocycles. The van der Waals surface area contributed by atoms with E-state index < -0.39 is 0 Å². The standard InChI is InChI=1S/C14H26N2O/c15-14(3-1-2-4-14)12-16-8-5-13(11-16)6-9-17-10-7-13/h1-12,15H2. The van der Waals surface area contributed by atoms with Gasteiger partial charge in [0.15, 0.2) is 0 Å². The largest absolute Gasteiger partial charge is 0.381 e. The number of hydrogen-bond donors (Lipinski definition) is 1. The van der Waals surface area contributed by atoms with Crippen LogP contribution in [0.25, 0.3) is 0 Å². The Hall–Kier alpha value is -0.120. The number of rotatable bonds is 2. The lowest BCUT2D eigenvalue weighted by atomic mass is 9.80. The topological polar surface area (TPSA) is 38.5 Å². The van der Waals surface area contributed by atoms with E-state index in [2.05, 4.69) is 4.90 Å². The molecule has 1 spiro atoms. The number of nitrogens with two attached hydrogens (primary N) is 1. The summed E-state index contributed by atoms with van der Waals surface area (Å²) in [6, 6.07) is 0. The lowest BCUT2D eigenvalue weighted by Gasteiger charge is -2.35. The van der Waals surface area contributed by atoms with Gasteiger partial charge in [-0.3, -0.25) is 0 Å². The third-order valence-electron chi connectivity index (χ3n) is 5.21. The highest BCUT2D eigenvalue weighted by Gasteiger charge is 2.41. The Bertz CT molecular complexity index is 267. The van der Waals surface area contributed by atoms with E-state index in [0.717, 1.165) is 19.8 Å². The van der Waals surface area contributed by atoms with Crippen LogP contribution in [0.1, 0.15) is 44.9 Å². The third kappa shape index (κ3) is 2.51. The van der Waals surface area contributed by atoms with Gasteiger partial charge in [0.2, 0.25) is 0 Å². The first-order valence-electron chi connectivity index (χ1n) is 7.29. The molecule has 3 fully saturated rings. The predicted molar refractivity (Wildman–Crippen MR) is 68.9 cm³/mol. The Kier molecular flexibility index (Phi) is 3.18. The Morgan fingerprint density at radius 2 is 1.71 bits per heavy atom. The van der Waals surface area contributed by atoms with Crippen molar-refractivity contribution in [1.82, 2.24) is 4.90 Å². The van der Waals surface area contributed by atoms with Crippen molar-refractivity contribution in [2.75, 3.05) is 32.8 Å². The number of ether oxygens (including phenoxy) is 1. The molecule has 0 unspecified atom stereocenters. The van der Waals surface area contributed by atoms with Gasteiger partial charge in [-0.15, -0.1) is 0 Å². The van der Waals surface area contributed by atoms with Crippen molar-refractivity contribution in [2.45, 2.75) is 50.5 Å². The molecule has 0 atom stereocenters. The summed E-state index contributed by atoms with van der Waals surface area (Å²) in [5.41, 5.74) is 7.20. The molecule has 0 aromatic carbocycles. The monoisotopic (exact) mass is 238 g/mol. The van der Waals surface area contributed by atoms with Crippen LogP contribution < -0.4 is 5.73 Å². The van der Waals surface area contributed by atoms with Gasteiger partial charge in [0.05, 0.1) is 0 Å². The van der Waals surface area contributed by atoms with Gasteiger partial charge < -0.3 is 15.4 Å². The molecule has 17 heavy (non-hydrogen) atoms. The van der Waals surface area contributed by atoms with Crippen molar-refractivity contribution in [3.63, 3.8) is 0 Å². The van der Waals surface area contributed by atoms with E-state index in [1.54, 1.807) is 0 Å². The second kappa shape index (κ2) is 4.52. The maximum absolute atomic E-state index is 6.49. The van der Waals surface area contributed by atoms with E-state index in [-0.39, 0.29) is 5.54 Å². The summed E-state index contributed by atoms with van der Waals surface area (Å²) >= 11 is 0. The van der Waals surface area contributed by atoms with Crippen LogP contribution in [-0.2, 0) is 4.74 Å². The second-order valence-electron chi connectivity index (χ2n) is 6.64. The molecule has 0 bridgehead atoms. The van der Waals surface area contributed by atoms with E-state index in [1.807, 2.05) is 0 Å². The Balaban J connectivity index is 1.56. The van der Waals surface area contributed by atoms with Gasteiger partial charge in [-0.25, -0.2) is 0 Å². The lowest BCUT2D eigenvalue weighted by molar-refractivity contribution is 0.0184. The molecule has 2 heterocycles. The summed E-state index contributed by atoms with van der Waals surface area (Å²) in [4.78, 5) is 2.64. The molecule has 3 rings (SSSR count). The molecule has 0 aromatic rings. The number of hydrogen-bond acceptors (Lipinski definition) is 3. The molecule has 3 heteroatoms. The predicted octanol–water partition coefficient (Wildman–Crippen LogP) is 1.76. The van der Waals surface area contributed by atoms with E-state index in [0.29, 0.717) is 5.41 Å². The maximum atomic E-state index is 6.49. The van der Waals surface area contributed by atoms with Gasteiger partial charge in [-0.2, -0.15) is 0 Å². The molecule has 0 radical (unpaired) electrons. The fourth-order valence-corrected chi connectivity index (χ4v) is 4.06. The smallest absolute Gasteiger partial charge is 0.0471 e. The first-order valence-corrected chi connectivity index (χ1v) is 7.29. The van der Waals surface area contributed by atoms with Crippen LogP contribution in [0.15, 0.2) is 0 Å². The zero-order chi connectivity index (χ0) is 11.8. The van der Waals surface area contributed by atoms with Gasteiger partial charge in [0.1, 0.15) is 0 Å². The summed E-state index contributed by atoms with van der Waals surface area (Å²) < 4.78 is 5.50. The number of likely N-dealkylation sites (tertiary alicyclic amines) is 1. The Morgan fingerprint density at radius 1 is 1.00 bits per heavy atom. The molecule has 3 nitrogen and oxygen atoms in total. The zero-order valence-electron chi connectivity index (χ0n) is 10.9. The molecule has 3 aliphatic rings. The summed E-state index contributed by atoms with van der Waals surface area (Å²) in [6.45, 7) is 5.62. The molecule has 2 saturated heterocycles. The fraction of sp³-hybridized carbons (Fsp3) is 1.00. The van der Waals surface area contributed by atoms with Gasteiger partial charge in [0, 0.05) is 31.8 Å². The minimum atomic E-state index is 0.136. The molecule has 2 aliphatic heterocycles. The molecule has 0 aromatic heterocycles. The van der Waals surface area contributed by atoms with Gasteiger partial charge >= 0.3 is 0 Å². The SMILES string of the molecule is NC1(CN2CCC3(CCOCC3)C2)CCCC1. The minimum Gasteiger partial charge on any atom is -0.381 e. The van der Waals surface area contributed by atoms with Crippen LogP contribution in [0.3, 0.4) is 0 Å². The average molecular weight is 238 g/mol. The Labute approximate surface area is 105 Å². The van der Waals surface area contributed by atoms with Crippen LogP contribution in [0.2, 0.25) is 0 Å². The first kappa shape index (κ1) is 11.9. The van der Waals surface area contributed by atoms with Crippen molar-refractivity contribution in [3.8, 4) is 0 Å². The minimum absolute atomic E-state index is 0.136. The molecule has 98 valence electrons. The fourth-order valence-electron chi connectivity index (χ4n) is 4.06. The Morgan fingerprint density at radius 3 is 2.41 bits per heavy atom. The van der Waals surface area contributed by atoms with Crippen molar-refractivity contribution in [2.24, 2.45) is 11.1 Å². The van der Waals surface area contributed by atoms with Crippen molar-refractivity contribution < 1.29 is 4.74 Å². The van der Waals surface area contributed by atoms with Gasteiger partial charge in [-0.05, 0) is 44.1 Å². The van der Waals surface area contributed by atoms with Gasteiger partial charge in [-0.1, -0.05) is 12.8 Å². The first-order chi connectivity index (χ1) is 8.20. The van der Waals surface area contributed by atoms with Crippen molar-refractivity contribution in [3.05, 3.63) is 0 Å². The number of nitrogens with zero attached hydrogens (tertiary/aromatic N) is 1. The average Bonchev–Trinajstić information content (AvgIpc) is 2.89. The molecule has 0 amide bonds. The van der Waals surface area contributed by atoms with Gasteiger partial charge in [0.25, 0.3) is 0 Å². The lowest BCUT2D eigenvalue weighted by Crippen LogP contribution is -2.48. The summed E-state index contributed by atoms with van der Waals surface area (Å²) in [6.07, 6.45) is 9.04. The quantitative estimate of drug-likeness (QED) is 0.796.